The van der Waals surface area contributed by atoms with Crippen molar-refractivity contribution in [1.29, 1.82) is 0 Å². The van der Waals surface area contributed by atoms with Crippen LogP contribution in [0, 0.1) is 20.8 Å². The number of rotatable bonds is 3. The molecule has 0 bridgehead atoms. The number of hydrogen-bond acceptors (Lipinski definition) is 2. The zero-order chi connectivity index (χ0) is 16.6. The first-order valence-electron chi connectivity index (χ1n) is 8.33. The Kier molecular flexibility index (Phi) is 4.24. The van der Waals surface area contributed by atoms with Gasteiger partial charge in [-0.15, -0.1) is 0 Å². The van der Waals surface area contributed by atoms with Crippen molar-refractivity contribution in [2.24, 2.45) is 7.05 Å². The molecular formula is C19H25N3O. The number of carbonyl (C=O) groups is 1. The second-order valence-corrected chi connectivity index (χ2v) is 6.55. The number of nitrogens with zero attached hydrogens (tertiary/aromatic N) is 3. The minimum absolute atomic E-state index is 0.218. The summed E-state index contributed by atoms with van der Waals surface area (Å²) in [6.45, 7) is 7.01. The smallest absolute Gasteiger partial charge is 0.227 e. The van der Waals surface area contributed by atoms with E-state index in [9.17, 15) is 4.79 Å². The van der Waals surface area contributed by atoms with Crippen LogP contribution in [-0.4, -0.2) is 27.1 Å². The van der Waals surface area contributed by atoms with Gasteiger partial charge in [-0.25, -0.2) is 0 Å². The molecular weight excluding hydrogens is 286 g/mol. The summed E-state index contributed by atoms with van der Waals surface area (Å²) in [4.78, 5) is 15.0. The second kappa shape index (κ2) is 6.19. The van der Waals surface area contributed by atoms with E-state index in [1.54, 1.807) is 0 Å². The molecule has 1 fully saturated rings. The van der Waals surface area contributed by atoms with Gasteiger partial charge in [0.1, 0.15) is 0 Å². The second-order valence-electron chi connectivity index (χ2n) is 6.55. The predicted molar refractivity (Wildman–Crippen MR) is 91.3 cm³/mol. The average Bonchev–Trinajstić information content (AvgIpc) is 3.09. The molecule has 1 atom stereocenters. The van der Waals surface area contributed by atoms with Crippen molar-refractivity contribution in [1.82, 2.24) is 14.7 Å². The minimum Gasteiger partial charge on any atom is -0.335 e. The van der Waals surface area contributed by atoms with Crippen LogP contribution >= 0.6 is 0 Å². The van der Waals surface area contributed by atoms with E-state index in [1.807, 2.05) is 25.6 Å². The Bertz CT molecular complexity index is 732. The Hall–Kier alpha value is -2.10. The molecule has 4 heteroatoms. The summed E-state index contributed by atoms with van der Waals surface area (Å²) in [5.41, 5.74) is 5.68. The predicted octanol–water partition coefficient (Wildman–Crippen LogP) is 3.25. The van der Waals surface area contributed by atoms with Gasteiger partial charge in [-0.05, 0) is 44.7 Å². The minimum atomic E-state index is 0.218. The highest BCUT2D eigenvalue weighted by Crippen LogP contribution is 2.34. The van der Waals surface area contributed by atoms with Gasteiger partial charge in [0, 0.05) is 24.8 Å². The molecule has 2 aromatic rings. The normalized spacial score (nSPS) is 17.7. The lowest BCUT2D eigenvalue weighted by atomic mass is 9.99. The summed E-state index contributed by atoms with van der Waals surface area (Å²) in [6.07, 6.45) is 2.59. The Balaban J connectivity index is 1.83. The average molecular weight is 311 g/mol. The van der Waals surface area contributed by atoms with E-state index in [-0.39, 0.29) is 11.9 Å². The topological polar surface area (TPSA) is 38.1 Å². The number of hydrogen-bond donors (Lipinski definition) is 0. The standard InChI is InChI=1S/C19H25N3O/c1-13-8-5-6-9-16(13)18-10-7-11-22(18)19(23)12-17-14(2)20-21(4)15(17)3/h5-6,8-9,18H,7,10-12H2,1-4H3. The van der Waals surface area contributed by atoms with Gasteiger partial charge in [0.25, 0.3) is 0 Å². The first kappa shape index (κ1) is 15.8. The van der Waals surface area contributed by atoms with E-state index < -0.39 is 0 Å². The van der Waals surface area contributed by atoms with E-state index >= 15 is 0 Å². The number of benzene rings is 1. The van der Waals surface area contributed by atoms with E-state index in [0.717, 1.165) is 36.3 Å². The Morgan fingerprint density at radius 3 is 2.65 bits per heavy atom. The maximum atomic E-state index is 12.9. The third-order valence-electron chi connectivity index (χ3n) is 5.11. The molecule has 1 aliphatic heterocycles. The van der Waals surface area contributed by atoms with Crippen LogP contribution in [0.1, 0.15) is 47.0 Å². The van der Waals surface area contributed by atoms with E-state index in [0.29, 0.717) is 6.42 Å². The molecule has 0 aliphatic carbocycles. The van der Waals surface area contributed by atoms with Crippen molar-refractivity contribution in [3.8, 4) is 0 Å². The summed E-state index contributed by atoms with van der Waals surface area (Å²) in [7, 11) is 1.93. The Morgan fingerprint density at radius 1 is 1.26 bits per heavy atom. The first-order chi connectivity index (χ1) is 11.0. The van der Waals surface area contributed by atoms with Crippen LogP contribution in [0.25, 0.3) is 0 Å². The van der Waals surface area contributed by atoms with Crippen LogP contribution in [0.5, 0.6) is 0 Å². The van der Waals surface area contributed by atoms with Crippen molar-refractivity contribution >= 4 is 5.91 Å². The van der Waals surface area contributed by atoms with Crippen LogP contribution in [0.2, 0.25) is 0 Å². The van der Waals surface area contributed by atoms with E-state index in [2.05, 4.69) is 41.2 Å². The summed E-state index contributed by atoms with van der Waals surface area (Å²) in [5, 5.41) is 4.43. The number of aromatic nitrogens is 2. The number of aryl methyl sites for hydroxylation is 3. The van der Waals surface area contributed by atoms with Gasteiger partial charge >= 0.3 is 0 Å². The molecule has 1 amide bonds. The number of amides is 1. The summed E-state index contributed by atoms with van der Waals surface area (Å²) in [6, 6.07) is 8.64. The highest BCUT2D eigenvalue weighted by Gasteiger charge is 2.31. The largest absolute Gasteiger partial charge is 0.335 e. The van der Waals surface area contributed by atoms with Crippen molar-refractivity contribution in [3.05, 3.63) is 52.3 Å². The van der Waals surface area contributed by atoms with Gasteiger partial charge in [-0.2, -0.15) is 5.10 Å². The molecule has 2 heterocycles. The molecule has 0 radical (unpaired) electrons. The van der Waals surface area contributed by atoms with Gasteiger partial charge in [0.05, 0.1) is 18.2 Å². The van der Waals surface area contributed by atoms with Crippen molar-refractivity contribution in [2.75, 3.05) is 6.54 Å². The Morgan fingerprint density at radius 2 is 2.00 bits per heavy atom. The number of carbonyl (C=O) groups excluding carboxylic acids is 1. The molecule has 122 valence electrons. The molecule has 1 aromatic heterocycles. The molecule has 1 saturated heterocycles. The molecule has 4 nitrogen and oxygen atoms in total. The van der Waals surface area contributed by atoms with Crippen LogP contribution in [0.3, 0.4) is 0 Å². The molecule has 1 unspecified atom stereocenters. The molecule has 0 spiro atoms. The van der Waals surface area contributed by atoms with E-state index in [4.69, 9.17) is 0 Å². The summed E-state index contributed by atoms with van der Waals surface area (Å²) >= 11 is 0. The molecule has 3 rings (SSSR count). The van der Waals surface area contributed by atoms with Crippen LogP contribution < -0.4 is 0 Å². The fraction of sp³-hybridized carbons (Fsp3) is 0.474. The molecule has 0 N–H and O–H groups in total. The zero-order valence-electron chi connectivity index (χ0n) is 14.5. The van der Waals surface area contributed by atoms with Crippen LogP contribution in [-0.2, 0) is 18.3 Å². The SMILES string of the molecule is Cc1ccccc1C1CCCN1C(=O)Cc1c(C)nn(C)c1C. The van der Waals surface area contributed by atoms with E-state index in [1.165, 1.54) is 11.1 Å². The lowest BCUT2D eigenvalue weighted by Gasteiger charge is -2.26. The highest BCUT2D eigenvalue weighted by atomic mass is 16.2. The van der Waals surface area contributed by atoms with Crippen LogP contribution in [0.4, 0.5) is 0 Å². The van der Waals surface area contributed by atoms with Gasteiger partial charge in [-0.3, -0.25) is 9.48 Å². The molecule has 23 heavy (non-hydrogen) atoms. The lowest BCUT2D eigenvalue weighted by molar-refractivity contribution is -0.131. The Labute approximate surface area is 138 Å². The van der Waals surface area contributed by atoms with Crippen molar-refractivity contribution < 1.29 is 4.79 Å². The maximum Gasteiger partial charge on any atom is 0.227 e. The molecule has 1 aromatic carbocycles. The van der Waals surface area contributed by atoms with Gasteiger partial charge in [0.15, 0.2) is 0 Å². The zero-order valence-corrected chi connectivity index (χ0v) is 14.5. The maximum absolute atomic E-state index is 12.9. The molecule has 1 aliphatic rings. The lowest BCUT2D eigenvalue weighted by Crippen LogP contribution is -2.32. The third kappa shape index (κ3) is 2.90. The van der Waals surface area contributed by atoms with Crippen LogP contribution in [0.15, 0.2) is 24.3 Å². The highest BCUT2D eigenvalue weighted by molar-refractivity contribution is 5.80. The van der Waals surface area contributed by atoms with Gasteiger partial charge in [-0.1, -0.05) is 24.3 Å². The summed E-state index contributed by atoms with van der Waals surface area (Å²) < 4.78 is 1.86. The fourth-order valence-electron chi connectivity index (χ4n) is 3.68. The first-order valence-corrected chi connectivity index (χ1v) is 8.33. The third-order valence-corrected chi connectivity index (χ3v) is 5.11. The number of likely N-dealkylation sites (tertiary alicyclic amines) is 1. The van der Waals surface area contributed by atoms with Gasteiger partial charge < -0.3 is 4.90 Å². The fourth-order valence-corrected chi connectivity index (χ4v) is 3.68. The van der Waals surface area contributed by atoms with Crippen molar-refractivity contribution in [3.63, 3.8) is 0 Å². The summed E-state index contributed by atoms with van der Waals surface area (Å²) in [5.74, 6) is 0.218. The monoisotopic (exact) mass is 311 g/mol. The van der Waals surface area contributed by atoms with Crippen molar-refractivity contribution in [2.45, 2.75) is 46.1 Å². The van der Waals surface area contributed by atoms with Gasteiger partial charge in [0.2, 0.25) is 5.91 Å². The quantitative estimate of drug-likeness (QED) is 0.872. The molecule has 0 saturated carbocycles.